The van der Waals surface area contributed by atoms with Gasteiger partial charge in [-0.15, -0.1) is 0 Å². The van der Waals surface area contributed by atoms with Crippen LogP contribution in [0.2, 0.25) is 0 Å². The molecule has 7 nitrogen and oxygen atoms in total. The molecule has 0 saturated carbocycles. The minimum atomic E-state index is -4.35. The third kappa shape index (κ3) is 3.11. The Balaban J connectivity index is 2.42. The number of nitrogens with zero attached hydrogens (tertiary/aromatic N) is 1. The van der Waals surface area contributed by atoms with Crippen LogP contribution >= 0.6 is 0 Å². The predicted octanol–water partition coefficient (Wildman–Crippen LogP) is 2.38. The van der Waals surface area contributed by atoms with Crippen LogP contribution in [0.15, 0.2) is 41.3 Å². The summed E-state index contributed by atoms with van der Waals surface area (Å²) >= 11 is 0. The molecule has 0 aliphatic carbocycles. The van der Waals surface area contributed by atoms with Gasteiger partial charge in [-0.05, 0) is 24.3 Å². The van der Waals surface area contributed by atoms with Crippen LogP contribution in [-0.4, -0.2) is 18.4 Å². The Hall–Kier alpha value is -2.75. The van der Waals surface area contributed by atoms with E-state index in [1.165, 1.54) is 0 Å². The fraction of sp³-hybridized carbons (Fsp3) is 0. The quantitative estimate of drug-likeness (QED) is 0.661. The van der Waals surface area contributed by atoms with Gasteiger partial charge in [-0.3, -0.25) is 14.8 Å². The Morgan fingerprint density at radius 3 is 2.41 bits per heavy atom. The van der Waals surface area contributed by atoms with Crippen LogP contribution in [0, 0.1) is 21.7 Å². The number of phenols is 1. The van der Waals surface area contributed by atoms with Crippen molar-refractivity contribution in [1.82, 2.24) is 0 Å². The lowest BCUT2D eigenvalue weighted by Crippen LogP contribution is -2.14. The maximum atomic E-state index is 13.5. The smallest absolute Gasteiger partial charge is 0.312 e. The van der Waals surface area contributed by atoms with Gasteiger partial charge in [-0.25, -0.2) is 17.2 Å². The SMILES string of the molecule is O=[N+]([O-])c1cc(S(=O)(=O)Nc2ccc(F)cc2F)ccc1O. The van der Waals surface area contributed by atoms with Crippen molar-refractivity contribution in [3.63, 3.8) is 0 Å². The lowest BCUT2D eigenvalue weighted by molar-refractivity contribution is -0.386. The number of anilines is 1. The first-order chi connectivity index (χ1) is 10.2. The maximum absolute atomic E-state index is 13.5. The molecule has 0 radical (unpaired) electrons. The van der Waals surface area contributed by atoms with Crippen LogP contribution in [0.5, 0.6) is 5.75 Å². The number of nitro benzene ring substituents is 1. The van der Waals surface area contributed by atoms with E-state index in [-0.39, 0.29) is 0 Å². The number of nitrogens with one attached hydrogen (secondary N) is 1. The average Bonchev–Trinajstić information content (AvgIpc) is 2.42. The van der Waals surface area contributed by atoms with Crippen molar-refractivity contribution >= 4 is 21.4 Å². The molecule has 22 heavy (non-hydrogen) atoms. The number of halogens is 2. The molecule has 2 rings (SSSR count). The summed E-state index contributed by atoms with van der Waals surface area (Å²) in [4.78, 5) is 9.16. The summed E-state index contributed by atoms with van der Waals surface area (Å²) in [5.74, 6) is -2.74. The van der Waals surface area contributed by atoms with Crippen molar-refractivity contribution in [2.45, 2.75) is 4.90 Å². The molecule has 0 unspecified atom stereocenters. The molecule has 2 aromatic carbocycles. The van der Waals surface area contributed by atoms with Gasteiger partial charge in [0.05, 0.1) is 15.5 Å². The minimum Gasteiger partial charge on any atom is -0.502 e. The van der Waals surface area contributed by atoms with Crippen LogP contribution in [0.1, 0.15) is 0 Å². The van der Waals surface area contributed by atoms with Gasteiger partial charge < -0.3 is 5.11 Å². The van der Waals surface area contributed by atoms with Crippen LogP contribution in [0.3, 0.4) is 0 Å². The number of nitro groups is 1. The van der Waals surface area contributed by atoms with Gasteiger partial charge in [0, 0.05) is 12.1 Å². The number of phenolic OH excluding ortho intramolecular Hbond substituents is 1. The zero-order valence-electron chi connectivity index (χ0n) is 10.7. The summed E-state index contributed by atoms with van der Waals surface area (Å²) in [6.07, 6.45) is 0. The molecule has 0 aromatic heterocycles. The highest BCUT2D eigenvalue weighted by molar-refractivity contribution is 7.92. The number of sulfonamides is 1. The fourth-order valence-corrected chi connectivity index (χ4v) is 2.68. The Morgan fingerprint density at radius 2 is 1.82 bits per heavy atom. The molecule has 2 N–H and O–H groups in total. The van der Waals surface area contributed by atoms with E-state index in [0.29, 0.717) is 12.1 Å². The molecule has 0 saturated heterocycles. The molecular formula is C12H8F2N2O5S. The summed E-state index contributed by atoms with van der Waals surface area (Å²) in [6.45, 7) is 0. The number of rotatable bonds is 4. The lowest BCUT2D eigenvalue weighted by Gasteiger charge is -2.09. The lowest BCUT2D eigenvalue weighted by atomic mass is 10.3. The number of benzene rings is 2. The molecule has 0 aliphatic rings. The van der Waals surface area contributed by atoms with E-state index in [1.54, 1.807) is 0 Å². The largest absolute Gasteiger partial charge is 0.502 e. The molecular weight excluding hydrogens is 322 g/mol. The molecule has 0 spiro atoms. The van der Waals surface area contributed by atoms with E-state index in [1.807, 2.05) is 4.72 Å². The molecule has 0 fully saturated rings. The Morgan fingerprint density at radius 1 is 1.14 bits per heavy atom. The van der Waals surface area contributed by atoms with Crippen molar-refractivity contribution < 1.29 is 27.2 Å². The van der Waals surface area contributed by atoms with Gasteiger partial charge in [0.25, 0.3) is 10.0 Å². The molecule has 0 aliphatic heterocycles. The number of hydrogen-bond donors (Lipinski definition) is 2. The molecule has 0 atom stereocenters. The van der Waals surface area contributed by atoms with E-state index in [9.17, 15) is 32.4 Å². The van der Waals surface area contributed by atoms with Gasteiger partial charge in [-0.1, -0.05) is 0 Å². The second-order valence-corrected chi connectivity index (χ2v) is 5.82. The van der Waals surface area contributed by atoms with Gasteiger partial charge in [0.2, 0.25) is 0 Å². The van der Waals surface area contributed by atoms with E-state index in [2.05, 4.69) is 0 Å². The second kappa shape index (κ2) is 5.56. The van der Waals surface area contributed by atoms with Crippen molar-refractivity contribution in [3.05, 3.63) is 58.1 Å². The highest BCUT2D eigenvalue weighted by atomic mass is 32.2. The van der Waals surface area contributed by atoms with Crippen LogP contribution in [-0.2, 0) is 10.0 Å². The highest BCUT2D eigenvalue weighted by Gasteiger charge is 2.22. The molecule has 0 amide bonds. The Bertz CT molecular complexity index is 855. The van der Waals surface area contributed by atoms with Crippen molar-refractivity contribution in [1.29, 1.82) is 0 Å². The average molecular weight is 330 g/mol. The van der Waals surface area contributed by atoms with Gasteiger partial charge in [0.1, 0.15) is 11.6 Å². The van der Waals surface area contributed by atoms with E-state index >= 15 is 0 Å². The Kier molecular flexibility index (Phi) is 3.95. The Labute approximate surface area is 123 Å². The fourth-order valence-electron chi connectivity index (χ4n) is 1.59. The minimum absolute atomic E-state index is 0.483. The first kappa shape index (κ1) is 15.6. The molecule has 116 valence electrons. The molecule has 2 aromatic rings. The standard InChI is InChI=1S/C12H8F2N2O5S/c13-7-1-3-10(9(14)5-7)15-22(20,21)8-2-4-12(17)11(6-8)16(18)19/h1-6,15,17H. The number of aromatic hydroxyl groups is 1. The molecule has 0 heterocycles. The summed E-state index contributed by atoms with van der Waals surface area (Å²) in [6, 6.07) is 4.56. The van der Waals surface area contributed by atoms with E-state index < -0.39 is 48.6 Å². The van der Waals surface area contributed by atoms with Crippen LogP contribution in [0.4, 0.5) is 20.2 Å². The van der Waals surface area contributed by atoms with Crippen molar-refractivity contribution in [3.8, 4) is 5.75 Å². The predicted molar refractivity (Wildman–Crippen MR) is 71.9 cm³/mol. The molecule has 10 heteroatoms. The van der Waals surface area contributed by atoms with Crippen molar-refractivity contribution in [2.24, 2.45) is 0 Å². The summed E-state index contributed by atoms with van der Waals surface area (Å²) < 4.78 is 52.2. The van der Waals surface area contributed by atoms with Gasteiger partial charge in [-0.2, -0.15) is 0 Å². The molecule has 0 bridgehead atoms. The topological polar surface area (TPSA) is 110 Å². The van der Waals surface area contributed by atoms with Gasteiger partial charge in [0.15, 0.2) is 5.75 Å². The first-order valence-corrected chi connectivity index (χ1v) is 7.14. The summed E-state index contributed by atoms with van der Waals surface area (Å²) in [5, 5.41) is 20.0. The summed E-state index contributed by atoms with van der Waals surface area (Å²) in [7, 11) is -4.35. The zero-order valence-corrected chi connectivity index (χ0v) is 11.5. The van der Waals surface area contributed by atoms with E-state index in [0.717, 1.165) is 24.3 Å². The maximum Gasteiger partial charge on any atom is 0.312 e. The normalized spacial score (nSPS) is 11.2. The first-order valence-electron chi connectivity index (χ1n) is 5.66. The van der Waals surface area contributed by atoms with Crippen molar-refractivity contribution in [2.75, 3.05) is 4.72 Å². The van der Waals surface area contributed by atoms with E-state index in [4.69, 9.17) is 0 Å². The number of hydrogen-bond acceptors (Lipinski definition) is 5. The summed E-state index contributed by atoms with van der Waals surface area (Å²) in [5.41, 5.74) is -1.33. The monoisotopic (exact) mass is 330 g/mol. The zero-order chi connectivity index (χ0) is 16.5. The highest BCUT2D eigenvalue weighted by Crippen LogP contribution is 2.29. The van der Waals surface area contributed by atoms with Crippen LogP contribution < -0.4 is 4.72 Å². The van der Waals surface area contributed by atoms with Gasteiger partial charge >= 0.3 is 5.69 Å². The van der Waals surface area contributed by atoms with Crippen LogP contribution in [0.25, 0.3) is 0 Å². The third-order valence-electron chi connectivity index (χ3n) is 2.63. The third-order valence-corrected chi connectivity index (χ3v) is 3.99. The second-order valence-electron chi connectivity index (χ2n) is 4.14.